The van der Waals surface area contributed by atoms with Crippen LogP contribution in [0.3, 0.4) is 0 Å². The summed E-state index contributed by atoms with van der Waals surface area (Å²) < 4.78 is 27.4. The molecule has 1 aromatic carbocycles. The van der Waals surface area contributed by atoms with Crippen molar-refractivity contribution < 1.29 is 23.2 Å². The fourth-order valence-corrected chi connectivity index (χ4v) is 6.08. The highest BCUT2D eigenvalue weighted by Crippen LogP contribution is 2.46. The summed E-state index contributed by atoms with van der Waals surface area (Å²) >= 11 is 0. The maximum atomic E-state index is 14.0. The number of nitrogens with zero attached hydrogens (tertiary/aromatic N) is 2. The van der Waals surface area contributed by atoms with Gasteiger partial charge in [-0.25, -0.2) is 18.5 Å². The zero-order valence-electron chi connectivity index (χ0n) is 18.9. The first kappa shape index (κ1) is 22.8. The standard InChI is InChI=1S/C24H31F2N3O3/c1-15-11-23(2,3)13-24(12-15)21(31)29(22(32)27-24)14-28-8-6-16(7-9-28)20(30)18-10-17(25)4-5-19(18)26/h4-5,10,15-16H,6-9,11-14H2,1-3H3,(H,27,32). The quantitative estimate of drug-likeness (QED) is 0.561. The van der Waals surface area contributed by atoms with Gasteiger partial charge >= 0.3 is 6.03 Å². The van der Waals surface area contributed by atoms with Crippen LogP contribution in [0.2, 0.25) is 0 Å². The van der Waals surface area contributed by atoms with Crippen LogP contribution in [0.5, 0.6) is 0 Å². The van der Waals surface area contributed by atoms with E-state index in [0.717, 1.165) is 24.6 Å². The minimum atomic E-state index is -0.832. The van der Waals surface area contributed by atoms with E-state index in [1.165, 1.54) is 4.90 Å². The van der Waals surface area contributed by atoms with Crippen molar-refractivity contribution in [3.8, 4) is 0 Å². The number of amides is 3. The van der Waals surface area contributed by atoms with E-state index in [2.05, 4.69) is 26.1 Å². The van der Waals surface area contributed by atoms with Crippen LogP contribution in [0.15, 0.2) is 18.2 Å². The largest absolute Gasteiger partial charge is 0.326 e. The summed E-state index contributed by atoms with van der Waals surface area (Å²) in [7, 11) is 0. The molecule has 1 saturated carbocycles. The number of halogens is 2. The fourth-order valence-electron chi connectivity index (χ4n) is 6.08. The van der Waals surface area contributed by atoms with Gasteiger partial charge in [-0.15, -0.1) is 0 Å². The molecule has 1 aliphatic carbocycles. The molecule has 2 atom stereocenters. The van der Waals surface area contributed by atoms with E-state index in [1.54, 1.807) is 0 Å². The lowest BCUT2D eigenvalue weighted by molar-refractivity contribution is -0.136. The van der Waals surface area contributed by atoms with Crippen molar-refractivity contribution in [2.24, 2.45) is 17.3 Å². The molecule has 1 N–H and O–H groups in total. The molecule has 2 heterocycles. The molecule has 1 aromatic rings. The number of piperidine rings is 1. The van der Waals surface area contributed by atoms with Gasteiger partial charge in [0.15, 0.2) is 5.78 Å². The summed E-state index contributed by atoms with van der Waals surface area (Å²) in [6, 6.07) is 2.55. The van der Waals surface area contributed by atoms with Crippen molar-refractivity contribution in [2.45, 2.75) is 58.4 Å². The van der Waals surface area contributed by atoms with Crippen molar-refractivity contribution in [1.82, 2.24) is 15.1 Å². The Bertz CT molecular complexity index is 942. The zero-order chi connectivity index (χ0) is 23.3. The molecule has 174 valence electrons. The Labute approximate surface area is 187 Å². The number of carbonyl (C=O) groups excluding carboxylic acids is 3. The van der Waals surface area contributed by atoms with Gasteiger partial charge in [0.25, 0.3) is 5.91 Å². The predicted molar refractivity (Wildman–Crippen MR) is 115 cm³/mol. The zero-order valence-corrected chi connectivity index (χ0v) is 18.9. The van der Waals surface area contributed by atoms with E-state index >= 15 is 0 Å². The smallest absolute Gasteiger partial charge is 0.323 e. The number of likely N-dealkylation sites (tertiary alicyclic amines) is 1. The third-order valence-corrected chi connectivity index (χ3v) is 7.12. The molecule has 3 amide bonds. The van der Waals surface area contributed by atoms with Gasteiger partial charge in [-0.1, -0.05) is 20.8 Å². The molecule has 3 aliphatic rings. The van der Waals surface area contributed by atoms with Gasteiger partial charge in [0.1, 0.15) is 17.2 Å². The second-order valence-electron chi connectivity index (χ2n) is 10.6. The van der Waals surface area contributed by atoms with E-state index in [4.69, 9.17) is 0 Å². The normalized spacial score (nSPS) is 28.9. The number of hydrogen-bond acceptors (Lipinski definition) is 4. The Hall–Kier alpha value is -2.35. The van der Waals surface area contributed by atoms with Crippen LogP contribution in [0.4, 0.5) is 13.6 Å². The van der Waals surface area contributed by atoms with Gasteiger partial charge in [0.2, 0.25) is 0 Å². The number of urea groups is 1. The summed E-state index contributed by atoms with van der Waals surface area (Å²) in [5.74, 6) is -1.98. The first-order chi connectivity index (χ1) is 15.0. The Morgan fingerprint density at radius 3 is 2.50 bits per heavy atom. The molecule has 1 spiro atoms. The highest BCUT2D eigenvalue weighted by atomic mass is 19.1. The monoisotopic (exact) mass is 447 g/mol. The lowest BCUT2D eigenvalue weighted by atomic mass is 9.64. The van der Waals surface area contributed by atoms with E-state index < -0.39 is 28.9 Å². The molecule has 2 aliphatic heterocycles. The van der Waals surface area contributed by atoms with Crippen molar-refractivity contribution in [1.29, 1.82) is 0 Å². The molecule has 0 bridgehead atoms. The van der Waals surface area contributed by atoms with Crippen LogP contribution >= 0.6 is 0 Å². The molecule has 32 heavy (non-hydrogen) atoms. The summed E-state index contributed by atoms with van der Waals surface area (Å²) in [4.78, 5) is 42.0. The van der Waals surface area contributed by atoms with Crippen LogP contribution in [0, 0.1) is 28.9 Å². The lowest BCUT2D eigenvalue weighted by Crippen LogP contribution is -2.54. The van der Waals surface area contributed by atoms with Gasteiger partial charge in [-0.3, -0.25) is 14.5 Å². The van der Waals surface area contributed by atoms with Crippen molar-refractivity contribution in [3.05, 3.63) is 35.4 Å². The highest BCUT2D eigenvalue weighted by molar-refractivity contribution is 6.07. The second kappa shape index (κ2) is 8.21. The maximum Gasteiger partial charge on any atom is 0.326 e. The predicted octanol–water partition coefficient (Wildman–Crippen LogP) is 3.95. The first-order valence-electron chi connectivity index (χ1n) is 11.4. The Morgan fingerprint density at radius 1 is 1.16 bits per heavy atom. The second-order valence-corrected chi connectivity index (χ2v) is 10.6. The molecule has 0 radical (unpaired) electrons. The molecule has 0 aromatic heterocycles. The van der Waals surface area contributed by atoms with Gasteiger partial charge in [0.05, 0.1) is 12.2 Å². The summed E-state index contributed by atoms with van der Waals surface area (Å²) in [6.07, 6.45) is 3.22. The molecule has 8 heteroatoms. The SMILES string of the molecule is CC1CC(C)(C)CC2(C1)NC(=O)N(CN1CCC(C(=O)c3cc(F)ccc3F)CC1)C2=O. The van der Waals surface area contributed by atoms with Crippen LogP contribution in [-0.2, 0) is 4.79 Å². The van der Waals surface area contributed by atoms with Gasteiger partial charge in [0, 0.05) is 19.0 Å². The highest BCUT2D eigenvalue weighted by Gasteiger charge is 2.56. The summed E-state index contributed by atoms with van der Waals surface area (Å²) in [6.45, 7) is 7.56. The van der Waals surface area contributed by atoms with E-state index in [1.807, 2.05) is 4.90 Å². The molecule has 2 unspecified atom stereocenters. The number of hydrogen-bond donors (Lipinski definition) is 1. The van der Waals surface area contributed by atoms with E-state index in [0.29, 0.717) is 44.7 Å². The van der Waals surface area contributed by atoms with Crippen molar-refractivity contribution in [3.63, 3.8) is 0 Å². The molecule has 3 fully saturated rings. The molecule has 4 rings (SSSR count). The Balaban J connectivity index is 1.38. The van der Waals surface area contributed by atoms with Crippen LogP contribution < -0.4 is 5.32 Å². The van der Waals surface area contributed by atoms with Crippen LogP contribution in [0.1, 0.15) is 63.2 Å². The van der Waals surface area contributed by atoms with Crippen LogP contribution in [0.25, 0.3) is 0 Å². The number of nitrogens with one attached hydrogen (secondary N) is 1. The minimum Gasteiger partial charge on any atom is -0.323 e. The molecular weight excluding hydrogens is 416 g/mol. The average Bonchev–Trinajstić information content (AvgIpc) is 2.91. The molecular formula is C24H31F2N3O3. The number of imide groups is 1. The summed E-state index contributed by atoms with van der Waals surface area (Å²) in [5.41, 5.74) is -1.07. The third kappa shape index (κ3) is 4.29. The van der Waals surface area contributed by atoms with E-state index in [-0.39, 0.29) is 29.6 Å². The van der Waals surface area contributed by atoms with Gasteiger partial charge in [-0.05, 0) is 61.6 Å². The summed E-state index contributed by atoms with van der Waals surface area (Å²) in [5, 5.41) is 2.98. The third-order valence-electron chi connectivity index (χ3n) is 7.12. The number of benzene rings is 1. The molecule has 6 nitrogen and oxygen atoms in total. The first-order valence-corrected chi connectivity index (χ1v) is 11.4. The Kier molecular flexibility index (Phi) is 5.86. The topological polar surface area (TPSA) is 69.7 Å². The number of carbonyl (C=O) groups is 3. The lowest BCUT2D eigenvalue weighted by Gasteiger charge is -2.44. The fraction of sp³-hybridized carbons (Fsp3) is 0.625. The molecule has 2 saturated heterocycles. The number of Topliss-reactive ketones (excluding diaryl/α,β-unsaturated/α-hetero) is 1. The van der Waals surface area contributed by atoms with Crippen molar-refractivity contribution >= 4 is 17.7 Å². The number of ketones is 1. The van der Waals surface area contributed by atoms with Crippen molar-refractivity contribution in [2.75, 3.05) is 19.8 Å². The van der Waals surface area contributed by atoms with E-state index in [9.17, 15) is 23.2 Å². The Morgan fingerprint density at radius 2 is 1.84 bits per heavy atom. The van der Waals surface area contributed by atoms with Crippen LogP contribution in [-0.4, -0.2) is 52.8 Å². The van der Waals surface area contributed by atoms with Gasteiger partial charge in [-0.2, -0.15) is 0 Å². The van der Waals surface area contributed by atoms with Gasteiger partial charge < -0.3 is 5.32 Å². The number of rotatable bonds is 4. The minimum absolute atomic E-state index is 0.0263. The maximum absolute atomic E-state index is 14.0. The average molecular weight is 448 g/mol.